The van der Waals surface area contributed by atoms with Crippen LogP contribution in [-0.2, 0) is 17.8 Å². The maximum Gasteiger partial charge on any atom is 0.322 e. The van der Waals surface area contributed by atoms with Gasteiger partial charge < -0.3 is 41.3 Å². The van der Waals surface area contributed by atoms with Gasteiger partial charge in [-0.1, -0.05) is 44.5 Å². The van der Waals surface area contributed by atoms with Crippen molar-refractivity contribution < 1.29 is 14.4 Å². The minimum Gasteiger partial charge on any atom is -0.397 e. The van der Waals surface area contributed by atoms with Crippen LogP contribution in [0, 0.1) is 10.8 Å². The van der Waals surface area contributed by atoms with Crippen molar-refractivity contribution in [1.82, 2.24) is 25.3 Å². The van der Waals surface area contributed by atoms with E-state index in [1.165, 1.54) is 6.21 Å². The van der Waals surface area contributed by atoms with E-state index in [4.69, 9.17) is 22.7 Å². The van der Waals surface area contributed by atoms with Crippen LogP contribution in [0.3, 0.4) is 0 Å². The first kappa shape index (κ1) is 31.6. The smallest absolute Gasteiger partial charge is 0.322 e. The van der Waals surface area contributed by atoms with Gasteiger partial charge in [0, 0.05) is 56.2 Å². The van der Waals surface area contributed by atoms with E-state index in [1.54, 1.807) is 11.0 Å². The SMILES string of the molecule is CN(Cc1c(C[C@H](C=O)NC(=O)N2CCC(N3CC4=C(CCC=C4)NC3=O)CC2)cc(Cl)c(N)c1C=N)CC(C)(C)C. The standard InChI is InChI=1S/C31H44ClN7O3/c1-31(2,3)19-37(4)17-25-21(14-26(32)28(34)24(25)15-33)13-22(18-40)35-29(41)38-11-9-23(10-12-38)39-16-20-7-5-6-8-27(20)36-30(39)42/h5,7,14-15,18,22-23,33H,6,8-13,16-17,19,34H2,1-4H3,(H,35,41)(H,36,42)/t22-/m1/s1. The van der Waals surface area contributed by atoms with E-state index in [0.29, 0.717) is 55.3 Å². The molecule has 1 fully saturated rings. The van der Waals surface area contributed by atoms with Gasteiger partial charge in [-0.25, -0.2) is 9.59 Å². The number of anilines is 1. The molecule has 4 rings (SSSR count). The molecule has 1 aromatic rings. The van der Waals surface area contributed by atoms with Crippen molar-refractivity contribution in [2.45, 2.75) is 71.5 Å². The molecule has 0 bridgehead atoms. The topological polar surface area (TPSA) is 135 Å². The molecule has 0 aromatic heterocycles. The quantitative estimate of drug-likeness (QED) is 0.191. The van der Waals surface area contributed by atoms with Gasteiger partial charge in [-0.2, -0.15) is 0 Å². The molecule has 1 aromatic carbocycles. The zero-order valence-electron chi connectivity index (χ0n) is 25.1. The van der Waals surface area contributed by atoms with Crippen LogP contribution in [0.15, 0.2) is 29.5 Å². The molecular formula is C31H44ClN7O3. The summed E-state index contributed by atoms with van der Waals surface area (Å²) in [7, 11) is 2.01. The van der Waals surface area contributed by atoms with Crippen molar-refractivity contribution in [3.63, 3.8) is 0 Å². The molecule has 228 valence electrons. The van der Waals surface area contributed by atoms with Crippen LogP contribution >= 0.6 is 11.6 Å². The highest BCUT2D eigenvalue weighted by atomic mass is 35.5. The van der Waals surface area contributed by atoms with Crippen LogP contribution in [0.1, 0.15) is 63.1 Å². The van der Waals surface area contributed by atoms with Gasteiger partial charge in [0.2, 0.25) is 0 Å². The number of likely N-dealkylation sites (tertiary alicyclic amines) is 1. The number of urea groups is 2. The van der Waals surface area contributed by atoms with Crippen LogP contribution in [0.5, 0.6) is 0 Å². The fourth-order valence-corrected chi connectivity index (χ4v) is 6.44. The van der Waals surface area contributed by atoms with Crippen LogP contribution < -0.4 is 16.4 Å². The van der Waals surface area contributed by atoms with E-state index in [9.17, 15) is 14.4 Å². The van der Waals surface area contributed by atoms with Crippen molar-refractivity contribution in [2.24, 2.45) is 5.41 Å². The van der Waals surface area contributed by atoms with Crippen molar-refractivity contribution in [2.75, 3.05) is 39.0 Å². The Kier molecular flexibility index (Phi) is 9.99. The normalized spacial score (nSPS) is 18.6. The lowest BCUT2D eigenvalue weighted by Crippen LogP contribution is -2.56. The summed E-state index contributed by atoms with van der Waals surface area (Å²) in [6.45, 7) is 9.36. The molecule has 2 aliphatic heterocycles. The lowest BCUT2D eigenvalue weighted by Gasteiger charge is -2.41. The predicted octanol–water partition coefficient (Wildman–Crippen LogP) is 4.31. The number of carbonyl (C=O) groups excluding carboxylic acids is 3. The van der Waals surface area contributed by atoms with Gasteiger partial charge in [0.05, 0.1) is 16.8 Å². The molecular weight excluding hydrogens is 554 g/mol. The maximum absolute atomic E-state index is 13.2. The minimum atomic E-state index is -0.781. The molecule has 1 aliphatic carbocycles. The summed E-state index contributed by atoms with van der Waals surface area (Å²) >= 11 is 6.43. The van der Waals surface area contributed by atoms with Gasteiger partial charge in [0.15, 0.2) is 0 Å². The molecule has 3 aliphatic rings. The van der Waals surface area contributed by atoms with Crippen molar-refractivity contribution in [1.29, 1.82) is 5.41 Å². The lowest BCUT2D eigenvalue weighted by atomic mass is 9.93. The fraction of sp³-hybridized carbons (Fsp3) is 0.548. The van der Waals surface area contributed by atoms with Gasteiger partial charge in [0.1, 0.15) is 6.29 Å². The number of hydrogen-bond acceptors (Lipinski definition) is 6. The van der Waals surface area contributed by atoms with Gasteiger partial charge in [-0.3, -0.25) is 0 Å². The Bertz CT molecular complexity index is 1280. The van der Waals surface area contributed by atoms with Crippen LogP contribution in [0.25, 0.3) is 0 Å². The summed E-state index contributed by atoms with van der Waals surface area (Å²) in [6.07, 6.45) is 9.55. The fourth-order valence-electron chi connectivity index (χ4n) is 6.21. The first-order valence-electron chi connectivity index (χ1n) is 14.7. The first-order valence-corrected chi connectivity index (χ1v) is 15.0. The molecule has 1 saturated heterocycles. The largest absolute Gasteiger partial charge is 0.397 e. The highest BCUT2D eigenvalue weighted by molar-refractivity contribution is 6.33. The van der Waals surface area contributed by atoms with E-state index in [0.717, 1.165) is 48.1 Å². The number of rotatable bonds is 9. The Hall–Kier alpha value is -3.37. The number of nitrogens with one attached hydrogen (secondary N) is 3. The molecule has 11 heteroatoms. The zero-order valence-corrected chi connectivity index (χ0v) is 25.9. The average Bonchev–Trinajstić information content (AvgIpc) is 2.94. The number of aldehydes is 1. The third-order valence-electron chi connectivity index (χ3n) is 8.11. The monoisotopic (exact) mass is 597 g/mol. The second-order valence-corrected chi connectivity index (χ2v) is 13.2. The molecule has 2 heterocycles. The maximum atomic E-state index is 13.2. The Morgan fingerprint density at radius 1 is 1.33 bits per heavy atom. The van der Waals surface area contributed by atoms with Gasteiger partial charge >= 0.3 is 12.1 Å². The number of piperidine rings is 1. The van der Waals surface area contributed by atoms with Crippen LogP contribution in [0.4, 0.5) is 15.3 Å². The molecule has 5 N–H and O–H groups in total. The van der Waals surface area contributed by atoms with E-state index < -0.39 is 6.04 Å². The summed E-state index contributed by atoms with van der Waals surface area (Å²) in [5.41, 5.74) is 10.9. The molecule has 10 nitrogen and oxygen atoms in total. The average molecular weight is 598 g/mol. The second kappa shape index (κ2) is 13.3. The molecule has 42 heavy (non-hydrogen) atoms. The Balaban J connectivity index is 1.40. The highest BCUT2D eigenvalue weighted by Gasteiger charge is 2.34. The number of amides is 4. The number of carbonyl (C=O) groups is 3. The molecule has 0 saturated carbocycles. The molecule has 1 atom stereocenters. The van der Waals surface area contributed by atoms with Gasteiger partial charge in [0.25, 0.3) is 0 Å². The number of allylic oxidation sites excluding steroid dienone is 2. The third-order valence-corrected chi connectivity index (χ3v) is 8.42. The number of benzene rings is 1. The second-order valence-electron chi connectivity index (χ2n) is 12.8. The minimum absolute atomic E-state index is 0.0457. The number of nitrogens with two attached hydrogens (primary N) is 1. The Morgan fingerprint density at radius 2 is 2.05 bits per heavy atom. The molecule has 4 amide bonds. The third kappa shape index (κ3) is 7.52. The molecule has 0 spiro atoms. The van der Waals surface area contributed by atoms with E-state index in [-0.39, 0.29) is 29.9 Å². The summed E-state index contributed by atoms with van der Waals surface area (Å²) in [5, 5.41) is 14.2. The van der Waals surface area contributed by atoms with Crippen LogP contribution in [0.2, 0.25) is 5.02 Å². The number of nitrogens with zero attached hydrogens (tertiary/aromatic N) is 3. The lowest BCUT2D eigenvalue weighted by molar-refractivity contribution is -0.109. The van der Waals surface area contributed by atoms with Crippen molar-refractivity contribution in [3.05, 3.63) is 51.2 Å². The predicted molar refractivity (Wildman–Crippen MR) is 167 cm³/mol. The summed E-state index contributed by atoms with van der Waals surface area (Å²) in [4.78, 5) is 43.9. The Morgan fingerprint density at radius 3 is 2.69 bits per heavy atom. The summed E-state index contributed by atoms with van der Waals surface area (Å²) in [5.74, 6) is 0. The summed E-state index contributed by atoms with van der Waals surface area (Å²) in [6, 6.07) is 0.628. The number of halogens is 1. The summed E-state index contributed by atoms with van der Waals surface area (Å²) < 4.78 is 0. The number of nitrogen functional groups attached to an aromatic ring is 1. The Labute approximate surface area is 253 Å². The van der Waals surface area contributed by atoms with E-state index in [1.807, 2.05) is 11.9 Å². The molecule has 0 radical (unpaired) electrons. The van der Waals surface area contributed by atoms with Gasteiger partial charge in [-0.15, -0.1) is 0 Å². The molecule has 0 unspecified atom stereocenters. The van der Waals surface area contributed by atoms with Crippen molar-refractivity contribution >= 4 is 41.9 Å². The highest BCUT2D eigenvalue weighted by Crippen LogP contribution is 2.31. The van der Waals surface area contributed by atoms with Crippen molar-refractivity contribution in [3.8, 4) is 0 Å². The first-order chi connectivity index (χ1) is 19.9. The van der Waals surface area contributed by atoms with E-state index in [2.05, 4.69) is 48.5 Å². The van der Waals surface area contributed by atoms with Crippen LogP contribution in [-0.4, -0.2) is 84.6 Å². The van der Waals surface area contributed by atoms with Gasteiger partial charge in [-0.05, 0) is 67.3 Å². The zero-order chi connectivity index (χ0) is 30.6. The van der Waals surface area contributed by atoms with E-state index >= 15 is 0 Å². The number of hydrogen-bond donors (Lipinski definition) is 4.